The van der Waals surface area contributed by atoms with Crippen molar-refractivity contribution in [2.45, 2.75) is 27.7 Å². The largest absolute Gasteiger partial charge is 0.492 e. The highest BCUT2D eigenvalue weighted by Gasteiger charge is 2.18. The van der Waals surface area contributed by atoms with Crippen LogP contribution in [0.4, 0.5) is 0 Å². The standard InChI is InChI=1S/C16H25NO3/c1-12(16(2,3)4)11-17-8-9-20-14-7-5-6-13(10-14)15(18)19/h5-7,10,12,17H,8-9,11H2,1-4H3,(H,18,19). The first-order chi connectivity index (χ1) is 9.30. The molecule has 0 aromatic heterocycles. The number of hydrogen-bond acceptors (Lipinski definition) is 3. The maximum Gasteiger partial charge on any atom is 0.335 e. The lowest BCUT2D eigenvalue weighted by atomic mass is 9.82. The molecule has 1 atom stereocenters. The van der Waals surface area contributed by atoms with E-state index in [0.29, 0.717) is 23.7 Å². The number of benzene rings is 1. The third-order valence-electron chi connectivity index (χ3n) is 3.56. The first-order valence-electron chi connectivity index (χ1n) is 6.97. The number of carboxylic acid groups (broad SMARTS) is 1. The average Bonchev–Trinajstić information content (AvgIpc) is 2.37. The van der Waals surface area contributed by atoms with Crippen molar-refractivity contribution in [1.82, 2.24) is 5.32 Å². The molecule has 4 nitrogen and oxygen atoms in total. The zero-order chi connectivity index (χ0) is 15.2. The Kier molecular flexibility index (Phi) is 6.02. The van der Waals surface area contributed by atoms with Crippen LogP contribution in [-0.2, 0) is 0 Å². The molecule has 1 unspecified atom stereocenters. The topological polar surface area (TPSA) is 58.6 Å². The van der Waals surface area contributed by atoms with Crippen LogP contribution in [0.15, 0.2) is 24.3 Å². The van der Waals surface area contributed by atoms with Crippen molar-refractivity contribution >= 4 is 5.97 Å². The van der Waals surface area contributed by atoms with E-state index in [0.717, 1.165) is 13.1 Å². The van der Waals surface area contributed by atoms with Gasteiger partial charge in [0.1, 0.15) is 12.4 Å². The van der Waals surface area contributed by atoms with E-state index in [-0.39, 0.29) is 5.56 Å². The number of hydrogen-bond donors (Lipinski definition) is 2. The van der Waals surface area contributed by atoms with Crippen molar-refractivity contribution < 1.29 is 14.6 Å². The van der Waals surface area contributed by atoms with Crippen molar-refractivity contribution in [2.75, 3.05) is 19.7 Å². The van der Waals surface area contributed by atoms with Gasteiger partial charge in [-0.25, -0.2) is 4.79 Å². The van der Waals surface area contributed by atoms with Gasteiger partial charge in [0, 0.05) is 6.54 Å². The quantitative estimate of drug-likeness (QED) is 0.753. The molecular weight excluding hydrogens is 254 g/mol. The van der Waals surface area contributed by atoms with Crippen molar-refractivity contribution in [1.29, 1.82) is 0 Å². The Labute approximate surface area is 121 Å². The van der Waals surface area contributed by atoms with Crippen LogP contribution in [0.5, 0.6) is 5.75 Å². The molecule has 0 saturated heterocycles. The third kappa shape index (κ3) is 5.61. The lowest BCUT2D eigenvalue weighted by molar-refractivity contribution is 0.0696. The molecule has 112 valence electrons. The van der Waals surface area contributed by atoms with E-state index in [2.05, 4.69) is 33.0 Å². The molecule has 0 aliphatic carbocycles. The number of nitrogens with one attached hydrogen (secondary N) is 1. The summed E-state index contributed by atoms with van der Waals surface area (Å²) in [5, 5.41) is 12.2. The van der Waals surface area contributed by atoms with E-state index < -0.39 is 5.97 Å². The van der Waals surface area contributed by atoms with Crippen LogP contribution in [0.1, 0.15) is 38.1 Å². The summed E-state index contributed by atoms with van der Waals surface area (Å²) in [6, 6.07) is 6.55. The van der Waals surface area contributed by atoms with Crippen LogP contribution in [0.3, 0.4) is 0 Å². The highest BCUT2D eigenvalue weighted by molar-refractivity contribution is 5.87. The molecule has 0 bridgehead atoms. The second-order valence-corrected chi connectivity index (χ2v) is 6.15. The van der Waals surface area contributed by atoms with E-state index in [1.165, 1.54) is 0 Å². The molecule has 0 saturated carbocycles. The lowest BCUT2D eigenvalue weighted by Gasteiger charge is -2.27. The number of ether oxygens (including phenoxy) is 1. The van der Waals surface area contributed by atoms with Gasteiger partial charge in [0.25, 0.3) is 0 Å². The van der Waals surface area contributed by atoms with Gasteiger partial charge in [-0.05, 0) is 36.1 Å². The Morgan fingerprint density at radius 2 is 2.10 bits per heavy atom. The van der Waals surface area contributed by atoms with Crippen molar-refractivity contribution in [3.8, 4) is 5.75 Å². The highest BCUT2D eigenvalue weighted by atomic mass is 16.5. The van der Waals surface area contributed by atoms with Crippen LogP contribution >= 0.6 is 0 Å². The van der Waals surface area contributed by atoms with E-state index in [1.54, 1.807) is 24.3 Å². The summed E-state index contributed by atoms with van der Waals surface area (Å²) in [6.45, 7) is 11.1. The van der Waals surface area contributed by atoms with Gasteiger partial charge in [-0.1, -0.05) is 33.8 Å². The molecule has 4 heteroatoms. The van der Waals surface area contributed by atoms with Crippen LogP contribution in [0.2, 0.25) is 0 Å². The maximum atomic E-state index is 10.8. The summed E-state index contributed by atoms with van der Waals surface area (Å²) in [6.07, 6.45) is 0. The molecule has 0 aliphatic heterocycles. The maximum absolute atomic E-state index is 10.8. The molecule has 0 heterocycles. The fraction of sp³-hybridized carbons (Fsp3) is 0.562. The van der Waals surface area contributed by atoms with Gasteiger partial charge >= 0.3 is 5.97 Å². The van der Waals surface area contributed by atoms with Gasteiger partial charge in [0.2, 0.25) is 0 Å². The molecular formula is C16H25NO3. The molecule has 20 heavy (non-hydrogen) atoms. The second-order valence-electron chi connectivity index (χ2n) is 6.15. The summed E-state index contributed by atoms with van der Waals surface area (Å²) in [7, 11) is 0. The van der Waals surface area contributed by atoms with Gasteiger partial charge in [-0.3, -0.25) is 0 Å². The Bertz CT molecular complexity index is 438. The van der Waals surface area contributed by atoms with Crippen LogP contribution in [-0.4, -0.2) is 30.8 Å². The van der Waals surface area contributed by atoms with Crippen LogP contribution in [0.25, 0.3) is 0 Å². The molecule has 0 spiro atoms. The Morgan fingerprint density at radius 3 is 2.70 bits per heavy atom. The predicted octanol–water partition coefficient (Wildman–Crippen LogP) is 3.04. The van der Waals surface area contributed by atoms with E-state index >= 15 is 0 Å². The lowest BCUT2D eigenvalue weighted by Crippen LogP contribution is -2.32. The molecule has 0 radical (unpaired) electrons. The molecule has 1 aromatic carbocycles. The van der Waals surface area contributed by atoms with Gasteiger partial charge in [0.05, 0.1) is 5.56 Å². The smallest absolute Gasteiger partial charge is 0.335 e. The van der Waals surface area contributed by atoms with Crippen molar-refractivity contribution in [2.24, 2.45) is 11.3 Å². The van der Waals surface area contributed by atoms with Crippen molar-refractivity contribution in [3.63, 3.8) is 0 Å². The number of carboxylic acids is 1. The second kappa shape index (κ2) is 7.29. The van der Waals surface area contributed by atoms with Gasteiger partial charge in [-0.2, -0.15) is 0 Å². The Balaban J connectivity index is 2.28. The summed E-state index contributed by atoms with van der Waals surface area (Å²) < 4.78 is 5.54. The minimum Gasteiger partial charge on any atom is -0.492 e. The molecule has 0 aliphatic rings. The molecule has 1 rings (SSSR count). The first kappa shape index (κ1) is 16.5. The fourth-order valence-corrected chi connectivity index (χ4v) is 1.58. The van der Waals surface area contributed by atoms with Gasteiger partial charge in [-0.15, -0.1) is 0 Å². The molecule has 0 fully saturated rings. The number of carbonyl (C=O) groups is 1. The molecule has 1 aromatic rings. The predicted molar refractivity (Wildman–Crippen MR) is 80.4 cm³/mol. The Hall–Kier alpha value is -1.55. The Morgan fingerprint density at radius 1 is 1.40 bits per heavy atom. The monoisotopic (exact) mass is 279 g/mol. The molecule has 2 N–H and O–H groups in total. The van der Waals surface area contributed by atoms with Gasteiger partial charge in [0.15, 0.2) is 0 Å². The first-order valence-corrected chi connectivity index (χ1v) is 6.97. The minimum atomic E-state index is -0.937. The van der Waals surface area contributed by atoms with Crippen LogP contribution < -0.4 is 10.1 Å². The van der Waals surface area contributed by atoms with E-state index in [4.69, 9.17) is 9.84 Å². The summed E-state index contributed by atoms with van der Waals surface area (Å²) >= 11 is 0. The van der Waals surface area contributed by atoms with Crippen molar-refractivity contribution in [3.05, 3.63) is 29.8 Å². The summed E-state index contributed by atoms with van der Waals surface area (Å²) in [5.41, 5.74) is 0.542. The van der Waals surface area contributed by atoms with E-state index in [1.807, 2.05) is 0 Å². The SMILES string of the molecule is CC(CNCCOc1cccc(C(=O)O)c1)C(C)(C)C. The van der Waals surface area contributed by atoms with Crippen LogP contribution in [0, 0.1) is 11.3 Å². The summed E-state index contributed by atoms with van der Waals surface area (Å²) in [4.78, 5) is 10.8. The number of rotatable bonds is 7. The zero-order valence-corrected chi connectivity index (χ0v) is 12.8. The molecule has 0 amide bonds. The third-order valence-corrected chi connectivity index (χ3v) is 3.56. The zero-order valence-electron chi connectivity index (χ0n) is 12.8. The fourth-order valence-electron chi connectivity index (χ4n) is 1.58. The highest BCUT2D eigenvalue weighted by Crippen LogP contribution is 2.24. The number of aromatic carboxylic acids is 1. The van der Waals surface area contributed by atoms with E-state index in [9.17, 15) is 4.79 Å². The average molecular weight is 279 g/mol. The summed E-state index contributed by atoms with van der Waals surface area (Å²) in [5.74, 6) is 0.237. The van der Waals surface area contributed by atoms with Gasteiger partial charge < -0.3 is 15.2 Å². The minimum absolute atomic E-state index is 0.247. The normalized spacial score (nSPS) is 13.0.